The molecule has 17 heavy (non-hydrogen) atoms. The van der Waals surface area contributed by atoms with Crippen LogP contribution in [0.25, 0.3) is 0 Å². The van der Waals surface area contributed by atoms with Crippen molar-refractivity contribution in [2.24, 2.45) is 0 Å². The number of rotatable bonds is 2. The first-order valence-electron chi connectivity index (χ1n) is 5.59. The maximum absolute atomic E-state index is 5.71. The third kappa shape index (κ3) is 9.13. The first-order chi connectivity index (χ1) is 7.58. The van der Waals surface area contributed by atoms with Crippen LogP contribution in [0, 0.1) is 0 Å². The molecular formula is C14H20FeOSi-6. The fraction of sp³-hybridized carbons (Fsp3) is 0.286. The Morgan fingerprint density at radius 1 is 0.941 bits per heavy atom. The van der Waals surface area contributed by atoms with E-state index in [2.05, 4.69) is 45.0 Å². The molecule has 0 aliphatic heterocycles. The molecule has 0 spiro atoms. The smallest absolute Gasteiger partial charge is 0.134 e. The average molecular weight is 288 g/mol. The van der Waals surface area contributed by atoms with Crippen LogP contribution < -0.4 is 5.19 Å². The summed E-state index contributed by atoms with van der Waals surface area (Å²) >= 11 is 0. The van der Waals surface area contributed by atoms with Crippen LogP contribution in [0.15, 0.2) is 54.6 Å². The molecule has 0 bridgehead atoms. The first-order valence-corrected chi connectivity index (χ1v) is 6.87. The molecule has 0 atom stereocenters. The topological polar surface area (TPSA) is 9.23 Å². The van der Waals surface area contributed by atoms with Crippen molar-refractivity contribution >= 4 is 14.9 Å². The van der Waals surface area contributed by atoms with Crippen molar-refractivity contribution in [2.75, 3.05) is 0 Å². The van der Waals surface area contributed by atoms with E-state index in [0.29, 0.717) is 0 Å². The summed E-state index contributed by atoms with van der Waals surface area (Å²) < 4.78 is 5.71. The molecule has 0 saturated heterocycles. The maximum Gasteiger partial charge on any atom is 0.134 e. The van der Waals surface area contributed by atoms with Crippen LogP contribution >= 0.6 is 0 Å². The minimum Gasteiger partial charge on any atom is -0.748 e. The van der Waals surface area contributed by atoms with Crippen molar-refractivity contribution in [1.29, 1.82) is 0 Å². The molecule has 100 valence electrons. The van der Waals surface area contributed by atoms with Crippen LogP contribution in [0.1, 0.15) is 20.8 Å². The van der Waals surface area contributed by atoms with Gasteiger partial charge in [0.25, 0.3) is 0 Å². The van der Waals surface area contributed by atoms with Crippen LogP contribution in [-0.4, -0.2) is 15.4 Å². The largest absolute Gasteiger partial charge is 0.748 e. The van der Waals surface area contributed by atoms with Gasteiger partial charge in [0.05, 0.1) is 0 Å². The Balaban J connectivity index is 0.000000360. The SMILES string of the molecule is CC(C)(C)O[SiH2][c-]1cccc1.[Fe].[cH-]1[cH-][cH-][cH-][cH-]1. The molecule has 1 nitrogen and oxygen atoms in total. The van der Waals surface area contributed by atoms with Crippen molar-refractivity contribution in [3.05, 3.63) is 54.6 Å². The minimum absolute atomic E-state index is 0. The Kier molecular flexibility index (Phi) is 8.18. The van der Waals surface area contributed by atoms with Gasteiger partial charge in [-0.05, 0) is 20.8 Å². The predicted molar refractivity (Wildman–Crippen MR) is 73.1 cm³/mol. The summed E-state index contributed by atoms with van der Waals surface area (Å²) in [5.74, 6) is 0. The van der Waals surface area contributed by atoms with E-state index in [1.54, 1.807) is 0 Å². The van der Waals surface area contributed by atoms with Gasteiger partial charge in [-0.15, -0.1) is 5.19 Å². The first kappa shape index (κ1) is 16.4. The molecule has 0 radical (unpaired) electrons. The van der Waals surface area contributed by atoms with E-state index in [4.69, 9.17) is 4.43 Å². The van der Waals surface area contributed by atoms with Crippen LogP contribution in [0.2, 0.25) is 0 Å². The van der Waals surface area contributed by atoms with Crippen molar-refractivity contribution in [2.45, 2.75) is 26.4 Å². The fourth-order valence-corrected chi connectivity index (χ4v) is 2.19. The quantitative estimate of drug-likeness (QED) is 0.609. The second-order valence-corrected chi connectivity index (χ2v) is 6.05. The third-order valence-corrected chi connectivity index (χ3v) is 3.77. The Bertz CT molecular complexity index is 329. The zero-order chi connectivity index (χ0) is 11.9. The molecule has 2 rings (SSSR count). The Morgan fingerprint density at radius 3 is 1.71 bits per heavy atom. The Hall–Kier alpha value is -0.604. The summed E-state index contributed by atoms with van der Waals surface area (Å²) in [6, 6.07) is 18.4. The van der Waals surface area contributed by atoms with Crippen LogP contribution in [-0.2, 0) is 21.5 Å². The van der Waals surface area contributed by atoms with Gasteiger partial charge in [0.2, 0.25) is 0 Å². The molecule has 0 fully saturated rings. The molecule has 2 aromatic rings. The normalized spacial score (nSPS) is 10.8. The minimum atomic E-state index is -0.473. The average Bonchev–Trinajstić information content (AvgIpc) is 2.90. The molecule has 0 heterocycles. The Labute approximate surface area is 117 Å². The van der Waals surface area contributed by atoms with Gasteiger partial charge in [0.15, 0.2) is 0 Å². The summed E-state index contributed by atoms with van der Waals surface area (Å²) in [5.41, 5.74) is 0.0312. The molecule has 0 amide bonds. The van der Waals surface area contributed by atoms with E-state index >= 15 is 0 Å². The van der Waals surface area contributed by atoms with E-state index in [-0.39, 0.29) is 22.7 Å². The third-order valence-electron chi connectivity index (χ3n) is 1.96. The van der Waals surface area contributed by atoms with Crippen molar-refractivity contribution in [3.63, 3.8) is 0 Å². The van der Waals surface area contributed by atoms with Gasteiger partial charge in [-0.1, -0.05) is 0 Å². The summed E-state index contributed by atoms with van der Waals surface area (Å²) in [6.07, 6.45) is 0. The van der Waals surface area contributed by atoms with Crippen molar-refractivity contribution in [3.8, 4) is 0 Å². The molecule has 2 aromatic carbocycles. The van der Waals surface area contributed by atoms with Crippen LogP contribution in [0.3, 0.4) is 0 Å². The zero-order valence-corrected chi connectivity index (χ0v) is 13.2. The van der Waals surface area contributed by atoms with Crippen LogP contribution in [0.5, 0.6) is 0 Å². The molecule has 0 aromatic heterocycles. The van der Waals surface area contributed by atoms with Crippen molar-refractivity contribution in [1.82, 2.24) is 0 Å². The summed E-state index contributed by atoms with van der Waals surface area (Å²) in [7, 11) is -0.473. The van der Waals surface area contributed by atoms with E-state index in [1.807, 2.05) is 30.3 Å². The summed E-state index contributed by atoms with van der Waals surface area (Å²) in [6.45, 7) is 6.30. The predicted octanol–water partition coefficient (Wildman–Crippen LogP) is 2.33. The van der Waals surface area contributed by atoms with Crippen LogP contribution in [0.4, 0.5) is 0 Å². The maximum atomic E-state index is 5.71. The van der Waals surface area contributed by atoms with Crippen molar-refractivity contribution < 1.29 is 21.5 Å². The number of hydrogen-bond donors (Lipinski definition) is 0. The van der Waals surface area contributed by atoms with Gasteiger partial charge in [-0.2, -0.15) is 12.1 Å². The van der Waals surface area contributed by atoms with Gasteiger partial charge in [-0.25, -0.2) is 12.1 Å². The van der Waals surface area contributed by atoms with E-state index < -0.39 is 9.76 Å². The standard InChI is InChI=1S/C9H15OSi.C5H5.Fe/c1-9(2,3)10-11-8-6-4-5-7-8;1-2-4-5-3-1;/h4-7H,11H2,1-3H3;1-5H;/q-1;-5;. The zero-order valence-electron chi connectivity index (χ0n) is 10.7. The van der Waals surface area contributed by atoms with E-state index in [1.165, 1.54) is 5.19 Å². The molecule has 0 aliphatic rings. The second kappa shape index (κ2) is 8.48. The summed E-state index contributed by atoms with van der Waals surface area (Å²) in [5, 5.41) is 1.39. The monoisotopic (exact) mass is 288 g/mol. The number of hydrogen-bond acceptors (Lipinski definition) is 1. The van der Waals surface area contributed by atoms with Gasteiger partial charge < -0.3 is 34.8 Å². The van der Waals surface area contributed by atoms with Gasteiger partial charge >= 0.3 is 0 Å². The molecule has 3 heteroatoms. The van der Waals surface area contributed by atoms with Gasteiger partial charge in [-0.3, -0.25) is 0 Å². The molecule has 0 unspecified atom stereocenters. The van der Waals surface area contributed by atoms with E-state index in [9.17, 15) is 0 Å². The second-order valence-electron chi connectivity index (χ2n) is 4.66. The molecule has 0 aliphatic carbocycles. The molecule has 0 N–H and O–H groups in total. The van der Waals surface area contributed by atoms with Gasteiger partial charge in [0.1, 0.15) is 9.76 Å². The van der Waals surface area contributed by atoms with Gasteiger partial charge in [0, 0.05) is 22.7 Å². The molecular weight excluding hydrogens is 268 g/mol. The summed E-state index contributed by atoms with van der Waals surface area (Å²) in [4.78, 5) is 0. The van der Waals surface area contributed by atoms with E-state index in [0.717, 1.165) is 0 Å². The molecule has 0 saturated carbocycles. The fourth-order valence-electron chi connectivity index (χ4n) is 1.13. The Morgan fingerprint density at radius 2 is 1.35 bits per heavy atom.